The first-order valence-corrected chi connectivity index (χ1v) is 5.56. The van der Waals surface area contributed by atoms with E-state index in [1.807, 2.05) is 6.92 Å². The molecule has 0 unspecified atom stereocenters. The van der Waals surface area contributed by atoms with Gasteiger partial charge in [-0.1, -0.05) is 6.92 Å². The molecule has 18 heavy (non-hydrogen) atoms. The largest absolute Gasteiger partial charge is 0.480 e. The zero-order valence-corrected chi connectivity index (χ0v) is 10.2. The topological polar surface area (TPSA) is 82.8 Å². The lowest BCUT2D eigenvalue weighted by Crippen LogP contribution is -2.14. The Balaban J connectivity index is 2.26. The summed E-state index contributed by atoms with van der Waals surface area (Å²) in [4.78, 5) is 16.1. The number of aromatic nitrogens is 5. The van der Waals surface area contributed by atoms with Gasteiger partial charge in [-0.15, -0.1) is 10.2 Å². The molecule has 2 rings (SSSR count). The van der Waals surface area contributed by atoms with Gasteiger partial charge in [0, 0.05) is 12.6 Å². The molecule has 0 aliphatic heterocycles. The highest BCUT2D eigenvalue weighted by molar-refractivity contribution is 6.05. The van der Waals surface area contributed by atoms with Crippen LogP contribution in [0.25, 0.3) is 0 Å². The molecule has 0 radical (unpaired) electrons. The van der Waals surface area contributed by atoms with Crippen LogP contribution in [0.3, 0.4) is 0 Å². The highest BCUT2D eigenvalue weighted by atomic mass is 16.5. The molecular formula is C11H13N5O2. The van der Waals surface area contributed by atoms with Crippen molar-refractivity contribution in [2.45, 2.75) is 19.9 Å². The van der Waals surface area contributed by atoms with Gasteiger partial charge in [-0.2, -0.15) is 5.10 Å². The fourth-order valence-electron chi connectivity index (χ4n) is 1.48. The third kappa shape index (κ3) is 2.34. The summed E-state index contributed by atoms with van der Waals surface area (Å²) in [5, 5.41) is 11.6. The molecule has 0 atom stereocenters. The fourth-order valence-corrected chi connectivity index (χ4v) is 1.48. The van der Waals surface area contributed by atoms with Crippen molar-refractivity contribution in [2.75, 3.05) is 7.11 Å². The lowest BCUT2D eigenvalue weighted by molar-refractivity contribution is 0.101. The minimum absolute atomic E-state index is 0.223. The van der Waals surface area contributed by atoms with Gasteiger partial charge in [0.25, 0.3) is 0 Å². The molecule has 2 aromatic rings. The maximum Gasteiger partial charge on any atom is 0.250 e. The summed E-state index contributed by atoms with van der Waals surface area (Å²) in [5.74, 6) is 0.342. The second-order valence-electron chi connectivity index (χ2n) is 3.60. The molecule has 0 bridgehead atoms. The highest BCUT2D eigenvalue weighted by Crippen LogP contribution is 2.08. The van der Waals surface area contributed by atoms with Crippen LogP contribution in [0.5, 0.6) is 5.88 Å². The van der Waals surface area contributed by atoms with E-state index in [1.165, 1.54) is 13.4 Å². The van der Waals surface area contributed by atoms with E-state index in [4.69, 9.17) is 4.74 Å². The first-order valence-electron chi connectivity index (χ1n) is 5.56. The molecule has 0 N–H and O–H groups in total. The van der Waals surface area contributed by atoms with Crippen molar-refractivity contribution in [2.24, 2.45) is 0 Å². The number of nitrogens with zero attached hydrogens (tertiary/aromatic N) is 5. The monoisotopic (exact) mass is 247 g/mol. The minimum Gasteiger partial charge on any atom is -0.480 e. The smallest absolute Gasteiger partial charge is 0.250 e. The lowest BCUT2D eigenvalue weighted by Gasteiger charge is -2.03. The van der Waals surface area contributed by atoms with E-state index < -0.39 is 0 Å². The second-order valence-corrected chi connectivity index (χ2v) is 3.60. The van der Waals surface area contributed by atoms with Crippen LogP contribution < -0.4 is 4.74 Å². The first-order chi connectivity index (χ1) is 8.76. The van der Waals surface area contributed by atoms with E-state index in [9.17, 15) is 4.79 Å². The predicted octanol–water partition coefficient (Wildman–Crippen LogP) is 0.718. The Bertz CT molecular complexity index is 535. The lowest BCUT2D eigenvalue weighted by atomic mass is 10.2. The van der Waals surface area contributed by atoms with Crippen LogP contribution in [0.2, 0.25) is 0 Å². The van der Waals surface area contributed by atoms with E-state index in [0.717, 1.165) is 6.42 Å². The van der Waals surface area contributed by atoms with Crippen molar-refractivity contribution in [3.8, 4) is 5.88 Å². The predicted molar refractivity (Wildman–Crippen MR) is 62.3 cm³/mol. The number of rotatable bonds is 5. The van der Waals surface area contributed by atoms with E-state index in [-0.39, 0.29) is 17.3 Å². The number of ether oxygens (including phenoxy) is 1. The number of hydrogen-bond acceptors (Lipinski definition) is 6. The quantitative estimate of drug-likeness (QED) is 0.724. The van der Waals surface area contributed by atoms with Crippen LogP contribution in [0, 0.1) is 0 Å². The van der Waals surface area contributed by atoms with Crippen LogP contribution in [0.1, 0.15) is 29.7 Å². The van der Waals surface area contributed by atoms with Gasteiger partial charge in [0.05, 0.1) is 7.11 Å². The third-order valence-electron chi connectivity index (χ3n) is 2.34. The average Bonchev–Trinajstić information content (AvgIpc) is 2.87. The van der Waals surface area contributed by atoms with Crippen molar-refractivity contribution in [1.29, 1.82) is 0 Å². The molecule has 0 aliphatic carbocycles. The second kappa shape index (κ2) is 5.35. The van der Waals surface area contributed by atoms with Crippen LogP contribution in [0.4, 0.5) is 0 Å². The van der Waals surface area contributed by atoms with E-state index in [2.05, 4.69) is 20.3 Å². The van der Waals surface area contributed by atoms with Crippen LogP contribution in [0.15, 0.2) is 18.5 Å². The maximum absolute atomic E-state index is 12.1. The molecule has 0 spiro atoms. The number of ketones is 1. The maximum atomic E-state index is 12.1. The van der Waals surface area contributed by atoms with Gasteiger partial charge < -0.3 is 4.74 Å². The van der Waals surface area contributed by atoms with Gasteiger partial charge in [0.2, 0.25) is 17.5 Å². The van der Waals surface area contributed by atoms with Gasteiger partial charge in [-0.25, -0.2) is 9.67 Å². The van der Waals surface area contributed by atoms with Gasteiger partial charge >= 0.3 is 0 Å². The number of carbonyl (C=O) groups excluding carboxylic acids is 1. The first kappa shape index (κ1) is 12.2. The molecule has 0 aliphatic rings. The Morgan fingerprint density at radius 3 is 2.83 bits per heavy atom. The van der Waals surface area contributed by atoms with E-state index in [0.29, 0.717) is 12.4 Å². The normalized spacial score (nSPS) is 10.3. The van der Waals surface area contributed by atoms with Crippen molar-refractivity contribution in [3.63, 3.8) is 0 Å². The van der Waals surface area contributed by atoms with Gasteiger partial charge in [0.15, 0.2) is 0 Å². The van der Waals surface area contributed by atoms with Crippen molar-refractivity contribution < 1.29 is 9.53 Å². The van der Waals surface area contributed by atoms with Crippen molar-refractivity contribution >= 4 is 5.78 Å². The van der Waals surface area contributed by atoms with Crippen molar-refractivity contribution in [1.82, 2.24) is 25.0 Å². The molecule has 7 heteroatoms. The molecule has 0 aromatic carbocycles. The standard InChI is InChI=1S/C11H13N5O2/c1-3-6-16-11(12-7-13-16)10(17)8-4-5-9(18-2)15-14-8/h4-5,7H,3,6H2,1-2H3. The zero-order chi connectivity index (χ0) is 13.0. The Labute approximate surface area is 104 Å². The summed E-state index contributed by atoms with van der Waals surface area (Å²) in [6, 6.07) is 3.14. The fraction of sp³-hybridized carbons (Fsp3) is 0.364. The van der Waals surface area contributed by atoms with Crippen LogP contribution in [-0.4, -0.2) is 37.9 Å². The summed E-state index contributed by atoms with van der Waals surface area (Å²) < 4.78 is 6.45. The van der Waals surface area contributed by atoms with Crippen LogP contribution in [-0.2, 0) is 6.54 Å². The minimum atomic E-state index is -0.295. The number of methoxy groups -OCH3 is 1. The Morgan fingerprint density at radius 1 is 1.39 bits per heavy atom. The number of hydrogen-bond donors (Lipinski definition) is 0. The molecule has 2 heterocycles. The van der Waals surface area contributed by atoms with Gasteiger partial charge in [-0.3, -0.25) is 4.79 Å². The molecule has 0 saturated carbocycles. The molecular weight excluding hydrogens is 234 g/mol. The Morgan fingerprint density at radius 2 is 2.22 bits per heavy atom. The number of aryl methyl sites for hydroxylation is 1. The SMILES string of the molecule is CCCn1ncnc1C(=O)c1ccc(OC)nn1. The molecule has 0 amide bonds. The Kier molecular flexibility index (Phi) is 3.61. The molecule has 0 saturated heterocycles. The number of carbonyl (C=O) groups is 1. The Hall–Kier alpha value is -2.31. The summed E-state index contributed by atoms with van der Waals surface area (Å²) >= 11 is 0. The highest BCUT2D eigenvalue weighted by Gasteiger charge is 2.17. The van der Waals surface area contributed by atoms with E-state index >= 15 is 0 Å². The van der Waals surface area contributed by atoms with Gasteiger partial charge in [-0.05, 0) is 12.5 Å². The molecule has 2 aromatic heterocycles. The van der Waals surface area contributed by atoms with Gasteiger partial charge in [0.1, 0.15) is 12.0 Å². The molecule has 7 nitrogen and oxygen atoms in total. The zero-order valence-electron chi connectivity index (χ0n) is 10.2. The summed E-state index contributed by atoms with van der Waals surface area (Å²) in [6.45, 7) is 2.65. The van der Waals surface area contributed by atoms with E-state index in [1.54, 1.807) is 16.8 Å². The average molecular weight is 247 g/mol. The van der Waals surface area contributed by atoms with Crippen molar-refractivity contribution in [3.05, 3.63) is 30.0 Å². The summed E-state index contributed by atoms with van der Waals surface area (Å²) in [5.41, 5.74) is 0.223. The molecule has 0 fully saturated rings. The van der Waals surface area contributed by atoms with Crippen LogP contribution >= 0.6 is 0 Å². The molecule has 94 valence electrons. The summed E-state index contributed by atoms with van der Waals surface area (Å²) in [6.07, 6.45) is 2.23. The third-order valence-corrected chi connectivity index (χ3v) is 2.34. The summed E-state index contributed by atoms with van der Waals surface area (Å²) in [7, 11) is 1.49.